The fraction of sp³-hybridized carbons (Fsp3) is 0.286. The third-order valence-electron chi connectivity index (χ3n) is 1.75. The number of nitrogens with one attached hydrogen (secondary N) is 2. The highest BCUT2D eigenvalue weighted by atomic mass is 19.3. The lowest BCUT2D eigenvalue weighted by Crippen LogP contribution is -2.13. The summed E-state index contributed by atoms with van der Waals surface area (Å²) >= 11 is 0. The van der Waals surface area contributed by atoms with Crippen LogP contribution in [0.4, 0.5) is 14.7 Å². The number of hydrogen-bond acceptors (Lipinski definition) is 6. The fourth-order valence-electron chi connectivity index (χ4n) is 1.12. The molecule has 2 aromatic rings. The summed E-state index contributed by atoms with van der Waals surface area (Å²) in [5, 5.41) is 6.68. The van der Waals surface area contributed by atoms with E-state index in [4.69, 9.17) is 10.6 Å². The number of nitrogens with zero attached hydrogens (tertiary/aromatic N) is 3. The Morgan fingerprint density at radius 3 is 3.00 bits per heavy atom. The zero-order valence-corrected chi connectivity index (χ0v) is 7.94. The van der Waals surface area contributed by atoms with Crippen molar-refractivity contribution in [1.82, 2.24) is 20.2 Å². The Morgan fingerprint density at radius 1 is 1.50 bits per heavy atom. The SMILES string of the molecule is NNc1nc(OCC(F)F)c2cn[nH]c2n1. The number of hydrazine groups is 1. The molecule has 0 aliphatic heterocycles. The van der Waals surface area contributed by atoms with E-state index in [-0.39, 0.29) is 11.8 Å². The Balaban J connectivity index is 2.36. The first-order valence-electron chi connectivity index (χ1n) is 4.29. The molecule has 16 heavy (non-hydrogen) atoms. The van der Waals surface area contributed by atoms with Gasteiger partial charge in [-0.1, -0.05) is 0 Å². The number of aromatic nitrogens is 4. The van der Waals surface area contributed by atoms with Crippen LogP contribution in [0.2, 0.25) is 0 Å². The van der Waals surface area contributed by atoms with E-state index in [0.29, 0.717) is 11.0 Å². The molecular formula is C7H8F2N6O. The van der Waals surface area contributed by atoms with Crippen molar-refractivity contribution in [2.75, 3.05) is 12.0 Å². The van der Waals surface area contributed by atoms with Crippen LogP contribution in [0.5, 0.6) is 5.88 Å². The number of aromatic amines is 1. The molecule has 0 spiro atoms. The lowest BCUT2D eigenvalue weighted by Gasteiger charge is -2.06. The molecule has 0 unspecified atom stereocenters. The molecular weight excluding hydrogens is 222 g/mol. The molecule has 0 aliphatic rings. The van der Waals surface area contributed by atoms with Gasteiger partial charge in [0.25, 0.3) is 6.43 Å². The van der Waals surface area contributed by atoms with Gasteiger partial charge in [-0.05, 0) is 0 Å². The Labute approximate surface area is 88.0 Å². The molecule has 0 radical (unpaired) electrons. The third kappa shape index (κ3) is 1.98. The molecule has 0 amide bonds. The molecule has 0 atom stereocenters. The van der Waals surface area contributed by atoms with Crippen LogP contribution in [0.1, 0.15) is 0 Å². The summed E-state index contributed by atoms with van der Waals surface area (Å²) in [6.45, 7) is -0.749. The number of nitrogens with two attached hydrogens (primary N) is 1. The molecule has 0 saturated carbocycles. The van der Waals surface area contributed by atoms with Crippen LogP contribution in [-0.2, 0) is 0 Å². The number of anilines is 1. The van der Waals surface area contributed by atoms with Gasteiger partial charge in [0, 0.05) is 0 Å². The van der Waals surface area contributed by atoms with Crippen molar-refractivity contribution in [3.63, 3.8) is 0 Å². The van der Waals surface area contributed by atoms with E-state index in [0.717, 1.165) is 0 Å². The minimum Gasteiger partial charge on any atom is -0.471 e. The highest BCUT2D eigenvalue weighted by molar-refractivity contribution is 5.80. The summed E-state index contributed by atoms with van der Waals surface area (Å²) in [4.78, 5) is 7.71. The lowest BCUT2D eigenvalue weighted by atomic mass is 10.4. The standard InChI is InChI=1S/C7H8F2N6O/c8-4(9)2-16-6-3-1-11-15-5(3)12-7(13-6)14-10/h1,4H,2,10H2,(H2,11,12,13,14,15). The lowest BCUT2D eigenvalue weighted by molar-refractivity contribution is 0.0804. The van der Waals surface area contributed by atoms with E-state index >= 15 is 0 Å². The van der Waals surface area contributed by atoms with Gasteiger partial charge >= 0.3 is 0 Å². The molecule has 0 fully saturated rings. The monoisotopic (exact) mass is 230 g/mol. The maximum atomic E-state index is 12.0. The van der Waals surface area contributed by atoms with E-state index in [9.17, 15) is 8.78 Å². The van der Waals surface area contributed by atoms with E-state index in [1.165, 1.54) is 6.20 Å². The van der Waals surface area contributed by atoms with Crippen LogP contribution in [0.3, 0.4) is 0 Å². The first-order chi connectivity index (χ1) is 7.70. The molecule has 0 saturated heterocycles. The number of ether oxygens (including phenoxy) is 1. The molecule has 4 N–H and O–H groups in total. The number of alkyl halides is 2. The largest absolute Gasteiger partial charge is 0.471 e. The quantitative estimate of drug-likeness (QED) is 0.515. The zero-order valence-electron chi connectivity index (χ0n) is 7.94. The van der Waals surface area contributed by atoms with Gasteiger partial charge in [0.1, 0.15) is 5.39 Å². The first kappa shape index (κ1) is 10.5. The number of rotatable bonds is 4. The molecule has 0 aliphatic carbocycles. The predicted octanol–water partition coefficient (Wildman–Crippen LogP) is 0.282. The Kier molecular flexibility index (Phi) is 2.77. The molecule has 2 rings (SSSR count). The summed E-state index contributed by atoms with van der Waals surface area (Å²) < 4.78 is 28.8. The van der Waals surface area contributed by atoms with Crippen LogP contribution < -0.4 is 16.0 Å². The summed E-state index contributed by atoms with van der Waals surface area (Å²) in [7, 11) is 0. The summed E-state index contributed by atoms with van der Waals surface area (Å²) in [5.41, 5.74) is 2.55. The van der Waals surface area contributed by atoms with Crippen LogP contribution >= 0.6 is 0 Å². The van der Waals surface area contributed by atoms with Crippen LogP contribution in [0.25, 0.3) is 11.0 Å². The Morgan fingerprint density at radius 2 is 2.31 bits per heavy atom. The highest BCUT2D eigenvalue weighted by Gasteiger charge is 2.12. The smallest absolute Gasteiger partial charge is 0.272 e. The maximum Gasteiger partial charge on any atom is 0.272 e. The van der Waals surface area contributed by atoms with E-state index in [1.54, 1.807) is 0 Å². The van der Waals surface area contributed by atoms with Gasteiger partial charge in [-0.3, -0.25) is 10.5 Å². The molecule has 2 heterocycles. The Hall–Kier alpha value is -2.03. The van der Waals surface area contributed by atoms with E-state index in [2.05, 4.69) is 25.6 Å². The molecule has 86 valence electrons. The molecule has 7 nitrogen and oxygen atoms in total. The minimum absolute atomic E-state index is 0.00648. The van der Waals surface area contributed by atoms with Crippen molar-refractivity contribution in [2.24, 2.45) is 5.84 Å². The average molecular weight is 230 g/mol. The van der Waals surface area contributed by atoms with Crippen LogP contribution in [-0.4, -0.2) is 33.2 Å². The van der Waals surface area contributed by atoms with E-state index < -0.39 is 13.0 Å². The normalized spacial score (nSPS) is 11.0. The van der Waals surface area contributed by atoms with Crippen molar-refractivity contribution in [3.05, 3.63) is 6.20 Å². The van der Waals surface area contributed by atoms with Crippen molar-refractivity contribution in [1.29, 1.82) is 0 Å². The fourth-order valence-corrected chi connectivity index (χ4v) is 1.12. The number of nitrogen functional groups attached to an aromatic ring is 1. The maximum absolute atomic E-state index is 12.0. The van der Waals surface area contributed by atoms with Crippen molar-refractivity contribution < 1.29 is 13.5 Å². The van der Waals surface area contributed by atoms with Crippen molar-refractivity contribution in [2.45, 2.75) is 6.43 Å². The minimum atomic E-state index is -2.58. The van der Waals surface area contributed by atoms with Gasteiger partial charge in [-0.25, -0.2) is 14.6 Å². The number of halogens is 2. The van der Waals surface area contributed by atoms with Gasteiger partial charge in [-0.2, -0.15) is 15.1 Å². The second-order valence-corrected chi connectivity index (χ2v) is 2.83. The van der Waals surface area contributed by atoms with Crippen LogP contribution in [0.15, 0.2) is 6.20 Å². The average Bonchev–Trinajstić information content (AvgIpc) is 2.73. The second-order valence-electron chi connectivity index (χ2n) is 2.83. The summed E-state index contributed by atoms with van der Waals surface area (Å²) in [6.07, 6.45) is -1.19. The van der Waals surface area contributed by atoms with Gasteiger partial charge in [0.05, 0.1) is 6.20 Å². The summed E-state index contributed by atoms with van der Waals surface area (Å²) in [5.74, 6) is 5.18. The highest BCUT2D eigenvalue weighted by Crippen LogP contribution is 2.21. The number of hydrogen-bond donors (Lipinski definition) is 3. The number of fused-ring (bicyclic) bond motifs is 1. The van der Waals surface area contributed by atoms with E-state index in [1.807, 2.05) is 0 Å². The first-order valence-corrected chi connectivity index (χ1v) is 4.29. The number of H-pyrrole nitrogens is 1. The van der Waals surface area contributed by atoms with Gasteiger partial charge in [0.15, 0.2) is 12.3 Å². The van der Waals surface area contributed by atoms with Crippen LogP contribution in [0, 0.1) is 0 Å². The Bertz CT molecular complexity index is 487. The van der Waals surface area contributed by atoms with Gasteiger partial charge in [0.2, 0.25) is 11.8 Å². The third-order valence-corrected chi connectivity index (χ3v) is 1.75. The molecule has 2 aromatic heterocycles. The van der Waals surface area contributed by atoms with Crippen molar-refractivity contribution >= 4 is 17.0 Å². The summed E-state index contributed by atoms with van der Waals surface area (Å²) in [6, 6.07) is 0. The topological polar surface area (TPSA) is 102 Å². The second kappa shape index (κ2) is 4.23. The van der Waals surface area contributed by atoms with Crippen molar-refractivity contribution in [3.8, 4) is 5.88 Å². The predicted molar refractivity (Wildman–Crippen MR) is 51.0 cm³/mol. The van der Waals surface area contributed by atoms with Gasteiger partial charge < -0.3 is 4.74 Å². The zero-order chi connectivity index (χ0) is 11.5. The van der Waals surface area contributed by atoms with Gasteiger partial charge in [-0.15, -0.1) is 0 Å². The molecule has 9 heteroatoms. The molecule has 0 aromatic carbocycles. The molecule has 0 bridgehead atoms.